The SMILES string of the molecule is Cc1cc(S(=O)(=O)Nc2ccc(Br)c(Cl)c2)cc(N)c1Cl. The number of nitrogens with one attached hydrogen (secondary N) is 1. The second-order valence-electron chi connectivity index (χ2n) is 4.38. The molecule has 0 amide bonds. The molecule has 2 aromatic rings. The topological polar surface area (TPSA) is 72.2 Å². The highest BCUT2D eigenvalue weighted by Crippen LogP contribution is 2.29. The van der Waals surface area contributed by atoms with Crippen molar-refractivity contribution in [1.29, 1.82) is 0 Å². The van der Waals surface area contributed by atoms with Gasteiger partial charge in [0, 0.05) is 4.47 Å². The summed E-state index contributed by atoms with van der Waals surface area (Å²) < 4.78 is 27.8. The molecular formula is C13H11BrCl2N2O2S. The largest absolute Gasteiger partial charge is 0.397 e. The van der Waals surface area contributed by atoms with Crippen LogP contribution in [0.15, 0.2) is 39.7 Å². The quantitative estimate of drug-likeness (QED) is 0.735. The van der Waals surface area contributed by atoms with E-state index in [4.69, 9.17) is 28.9 Å². The fourth-order valence-electron chi connectivity index (χ4n) is 1.69. The number of anilines is 2. The van der Waals surface area contributed by atoms with Gasteiger partial charge in [-0.25, -0.2) is 8.42 Å². The van der Waals surface area contributed by atoms with E-state index >= 15 is 0 Å². The van der Waals surface area contributed by atoms with Gasteiger partial charge in [0.05, 0.1) is 26.3 Å². The molecule has 21 heavy (non-hydrogen) atoms. The van der Waals surface area contributed by atoms with Crippen molar-refractivity contribution in [3.05, 3.63) is 50.4 Å². The summed E-state index contributed by atoms with van der Waals surface area (Å²) in [5, 5.41) is 0.752. The van der Waals surface area contributed by atoms with Crippen LogP contribution < -0.4 is 10.5 Å². The lowest BCUT2D eigenvalue weighted by Crippen LogP contribution is -2.13. The van der Waals surface area contributed by atoms with Gasteiger partial charge >= 0.3 is 0 Å². The average molecular weight is 410 g/mol. The Kier molecular flexibility index (Phi) is 4.72. The smallest absolute Gasteiger partial charge is 0.261 e. The van der Waals surface area contributed by atoms with Crippen molar-refractivity contribution in [2.24, 2.45) is 0 Å². The molecule has 3 N–H and O–H groups in total. The summed E-state index contributed by atoms with van der Waals surface area (Å²) in [7, 11) is -3.77. The highest BCUT2D eigenvalue weighted by molar-refractivity contribution is 9.10. The predicted molar refractivity (Wildman–Crippen MR) is 90.6 cm³/mol. The fraction of sp³-hybridized carbons (Fsp3) is 0.0769. The Morgan fingerprint density at radius 3 is 2.43 bits per heavy atom. The second kappa shape index (κ2) is 6.04. The van der Waals surface area contributed by atoms with Gasteiger partial charge in [0.1, 0.15) is 0 Å². The molecule has 0 heterocycles. The van der Waals surface area contributed by atoms with Crippen molar-refractivity contribution in [3.8, 4) is 0 Å². The number of nitrogen functional groups attached to an aromatic ring is 1. The van der Waals surface area contributed by atoms with E-state index in [0.29, 0.717) is 25.8 Å². The van der Waals surface area contributed by atoms with Crippen LogP contribution in [-0.2, 0) is 10.0 Å². The number of nitrogens with two attached hydrogens (primary N) is 1. The summed E-state index contributed by atoms with van der Waals surface area (Å²) in [5.41, 5.74) is 6.86. The number of hydrogen-bond acceptors (Lipinski definition) is 3. The molecule has 2 rings (SSSR count). The van der Waals surface area contributed by atoms with Crippen LogP contribution in [-0.4, -0.2) is 8.42 Å². The highest BCUT2D eigenvalue weighted by Gasteiger charge is 2.17. The second-order valence-corrected chi connectivity index (χ2v) is 7.70. The molecule has 2 aromatic carbocycles. The Morgan fingerprint density at radius 1 is 1.19 bits per heavy atom. The monoisotopic (exact) mass is 408 g/mol. The van der Waals surface area contributed by atoms with Gasteiger partial charge in [0.2, 0.25) is 0 Å². The van der Waals surface area contributed by atoms with E-state index in [9.17, 15) is 8.42 Å². The minimum absolute atomic E-state index is 0.0425. The van der Waals surface area contributed by atoms with Crippen LogP contribution in [0.3, 0.4) is 0 Å². The third-order valence-electron chi connectivity index (χ3n) is 2.74. The zero-order chi connectivity index (χ0) is 15.8. The lowest BCUT2D eigenvalue weighted by Gasteiger charge is -2.11. The number of benzene rings is 2. The molecule has 8 heteroatoms. The van der Waals surface area contributed by atoms with Crippen molar-refractivity contribution in [1.82, 2.24) is 0 Å². The molecule has 0 spiro atoms. The van der Waals surface area contributed by atoms with Crippen molar-refractivity contribution in [2.45, 2.75) is 11.8 Å². The van der Waals surface area contributed by atoms with E-state index in [2.05, 4.69) is 20.7 Å². The van der Waals surface area contributed by atoms with E-state index in [1.807, 2.05) is 0 Å². The van der Waals surface area contributed by atoms with Crippen molar-refractivity contribution >= 4 is 60.5 Å². The zero-order valence-corrected chi connectivity index (χ0v) is 14.7. The Morgan fingerprint density at radius 2 is 1.86 bits per heavy atom. The summed E-state index contributed by atoms with van der Waals surface area (Å²) in [6.45, 7) is 1.69. The van der Waals surface area contributed by atoms with Crippen LogP contribution in [0.5, 0.6) is 0 Å². The molecular weight excluding hydrogens is 399 g/mol. The van der Waals surface area contributed by atoms with Gasteiger partial charge in [-0.15, -0.1) is 0 Å². The van der Waals surface area contributed by atoms with Gasteiger partial charge in [-0.05, 0) is 58.7 Å². The molecule has 0 fully saturated rings. The van der Waals surface area contributed by atoms with Crippen molar-refractivity contribution < 1.29 is 8.42 Å². The molecule has 0 aromatic heterocycles. The normalized spacial score (nSPS) is 11.4. The summed E-state index contributed by atoms with van der Waals surface area (Å²) >= 11 is 15.1. The molecule has 0 aliphatic carbocycles. The molecule has 0 aliphatic rings. The molecule has 0 bridgehead atoms. The lowest BCUT2D eigenvalue weighted by molar-refractivity contribution is 0.601. The highest BCUT2D eigenvalue weighted by atomic mass is 79.9. The molecule has 112 valence electrons. The van der Waals surface area contributed by atoms with E-state index in [-0.39, 0.29) is 10.6 Å². The number of halogens is 3. The van der Waals surface area contributed by atoms with Gasteiger partial charge in [0.25, 0.3) is 10.0 Å². The van der Waals surface area contributed by atoms with Crippen LogP contribution in [0.2, 0.25) is 10.0 Å². The van der Waals surface area contributed by atoms with Gasteiger partial charge in [-0.2, -0.15) is 0 Å². The average Bonchev–Trinajstić information content (AvgIpc) is 2.39. The predicted octanol–water partition coefficient (Wildman–Crippen LogP) is 4.45. The Balaban J connectivity index is 2.40. The maximum atomic E-state index is 12.3. The summed E-state index contributed by atoms with van der Waals surface area (Å²) in [6, 6.07) is 7.54. The third kappa shape index (κ3) is 3.63. The molecule has 0 saturated carbocycles. The van der Waals surface area contributed by atoms with E-state index in [1.54, 1.807) is 19.1 Å². The first-order valence-electron chi connectivity index (χ1n) is 5.74. The van der Waals surface area contributed by atoms with Crippen molar-refractivity contribution in [2.75, 3.05) is 10.5 Å². The maximum absolute atomic E-state index is 12.3. The molecule has 0 radical (unpaired) electrons. The summed E-state index contributed by atoms with van der Waals surface area (Å²) in [5.74, 6) is 0. The van der Waals surface area contributed by atoms with Crippen LogP contribution in [0, 0.1) is 6.92 Å². The standard InChI is InChI=1S/C13H11BrCl2N2O2S/c1-7-4-9(6-12(17)13(7)16)21(19,20)18-8-2-3-10(14)11(15)5-8/h2-6,18H,17H2,1H3. The zero-order valence-electron chi connectivity index (χ0n) is 10.8. The van der Waals surface area contributed by atoms with E-state index < -0.39 is 10.0 Å². The number of hydrogen-bond donors (Lipinski definition) is 2. The first-order valence-corrected chi connectivity index (χ1v) is 8.77. The number of sulfonamides is 1. The minimum Gasteiger partial charge on any atom is -0.397 e. The summed E-state index contributed by atoms with van der Waals surface area (Å²) in [4.78, 5) is 0.0425. The molecule has 0 saturated heterocycles. The van der Waals surface area contributed by atoms with Crippen LogP contribution >= 0.6 is 39.1 Å². The fourth-order valence-corrected chi connectivity index (χ4v) is 3.40. The molecule has 4 nitrogen and oxygen atoms in total. The van der Waals surface area contributed by atoms with Gasteiger partial charge in [-0.3, -0.25) is 4.72 Å². The van der Waals surface area contributed by atoms with Gasteiger partial charge in [-0.1, -0.05) is 23.2 Å². The van der Waals surface area contributed by atoms with Gasteiger partial charge in [0.15, 0.2) is 0 Å². The maximum Gasteiger partial charge on any atom is 0.261 e. The third-order valence-corrected chi connectivity index (χ3v) is 5.85. The Bertz CT molecular complexity index is 787. The molecule has 0 aliphatic heterocycles. The number of rotatable bonds is 3. The van der Waals surface area contributed by atoms with Gasteiger partial charge < -0.3 is 5.73 Å². The first kappa shape index (κ1) is 16.4. The van der Waals surface area contributed by atoms with Crippen LogP contribution in [0.25, 0.3) is 0 Å². The van der Waals surface area contributed by atoms with Crippen LogP contribution in [0.1, 0.15) is 5.56 Å². The number of aryl methyl sites for hydroxylation is 1. The lowest BCUT2D eigenvalue weighted by atomic mass is 10.2. The van der Waals surface area contributed by atoms with Crippen molar-refractivity contribution in [3.63, 3.8) is 0 Å². The first-order chi connectivity index (χ1) is 9.70. The summed E-state index contributed by atoms with van der Waals surface area (Å²) in [6.07, 6.45) is 0. The minimum atomic E-state index is -3.77. The Labute approximate surface area is 141 Å². The molecule has 0 atom stereocenters. The van der Waals surface area contributed by atoms with E-state index in [1.165, 1.54) is 18.2 Å². The Hall–Kier alpha value is -0.950. The molecule has 0 unspecified atom stereocenters. The van der Waals surface area contributed by atoms with E-state index in [0.717, 1.165) is 0 Å². The van der Waals surface area contributed by atoms with Crippen LogP contribution in [0.4, 0.5) is 11.4 Å².